The molecule has 9 heteroatoms. The molecular formula is C11H11ClN6O2. The van der Waals surface area contributed by atoms with Crippen LogP contribution in [0.1, 0.15) is 0 Å². The van der Waals surface area contributed by atoms with Crippen molar-refractivity contribution < 1.29 is 9.53 Å². The van der Waals surface area contributed by atoms with E-state index in [-0.39, 0.29) is 5.15 Å². The van der Waals surface area contributed by atoms with Crippen LogP contribution in [-0.2, 0) is 4.79 Å². The number of hydrogen-bond acceptors (Lipinski definition) is 6. The Labute approximate surface area is 119 Å². The van der Waals surface area contributed by atoms with E-state index in [0.29, 0.717) is 17.3 Å². The summed E-state index contributed by atoms with van der Waals surface area (Å²) in [7, 11) is 1.49. The minimum Gasteiger partial charge on any atom is -0.481 e. The van der Waals surface area contributed by atoms with Gasteiger partial charge in [0.15, 0.2) is 5.82 Å². The topological polar surface area (TPSA) is 108 Å². The van der Waals surface area contributed by atoms with Gasteiger partial charge in [0.2, 0.25) is 5.88 Å². The Morgan fingerprint density at radius 3 is 3.05 bits per heavy atom. The Balaban J connectivity index is 2.26. The van der Waals surface area contributed by atoms with Crippen molar-refractivity contribution >= 4 is 23.7 Å². The molecule has 2 aromatic rings. The van der Waals surface area contributed by atoms with Crippen LogP contribution in [0, 0.1) is 0 Å². The highest BCUT2D eigenvalue weighted by molar-refractivity contribution is 6.29. The summed E-state index contributed by atoms with van der Waals surface area (Å²) in [5.74, 6) is 5.29. The van der Waals surface area contributed by atoms with Crippen LogP contribution in [0.15, 0.2) is 24.5 Å². The lowest BCUT2D eigenvalue weighted by atomic mass is 10.2. The Morgan fingerprint density at radius 2 is 2.35 bits per heavy atom. The third kappa shape index (κ3) is 3.31. The van der Waals surface area contributed by atoms with E-state index in [9.17, 15) is 4.79 Å². The Morgan fingerprint density at radius 1 is 1.55 bits per heavy atom. The number of ether oxygens (including phenoxy) is 1. The number of pyridine rings is 1. The lowest BCUT2D eigenvalue weighted by Gasteiger charge is -2.01. The first-order valence-electron chi connectivity index (χ1n) is 5.44. The number of hydrogen-bond donors (Lipinski definition) is 2. The molecule has 0 radical (unpaired) electrons. The van der Waals surface area contributed by atoms with E-state index in [0.717, 1.165) is 0 Å². The van der Waals surface area contributed by atoms with Gasteiger partial charge in [-0.1, -0.05) is 11.6 Å². The van der Waals surface area contributed by atoms with Crippen molar-refractivity contribution in [3.05, 3.63) is 29.7 Å². The fourth-order valence-corrected chi connectivity index (χ4v) is 1.58. The van der Waals surface area contributed by atoms with Crippen LogP contribution in [0.3, 0.4) is 0 Å². The predicted octanol–water partition coefficient (Wildman–Crippen LogP) is 0.463. The molecule has 0 aliphatic carbocycles. The molecule has 0 aliphatic rings. The molecule has 0 saturated heterocycles. The Kier molecular flexibility index (Phi) is 4.28. The van der Waals surface area contributed by atoms with E-state index in [1.807, 2.05) is 5.43 Å². The van der Waals surface area contributed by atoms with E-state index < -0.39 is 5.91 Å². The van der Waals surface area contributed by atoms with Gasteiger partial charge in [0, 0.05) is 23.9 Å². The van der Waals surface area contributed by atoms with Crippen LogP contribution >= 0.6 is 11.6 Å². The van der Waals surface area contributed by atoms with Crippen LogP contribution in [0.5, 0.6) is 5.88 Å². The third-order valence-corrected chi connectivity index (χ3v) is 2.46. The average molecular weight is 295 g/mol. The van der Waals surface area contributed by atoms with Gasteiger partial charge in [-0.25, -0.2) is 20.5 Å². The lowest BCUT2D eigenvalue weighted by molar-refractivity contribution is -0.116. The molecule has 0 aromatic carbocycles. The zero-order chi connectivity index (χ0) is 14.5. The van der Waals surface area contributed by atoms with Gasteiger partial charge in [-0.15, -0.1) is 5.10 Å². The molecule has 3 N–H and O–H groups in total. The number of nitrogens with two attached hydrogens (primary N) is 1. The lowest BCUT2D eigenvalue weighted by Crippen LogP contribution is -2.28. The van der Waals surface area contributed by atoms with Gasteiger partial charge in [-0.3, -0.25) is 10.2 Å². The summed E-state index contributed by atoms with van der Waals surface area (Å²) in [5, 5.41) is 4.43. The monoisotopic (exact) mass is 294 g/mol. The van der Waals surface area contributed by atoms with Crippen LogP contribution in [0.2, 0.25) is 5.15 Å². The van der Waals surface area contributed by atoms with Crippen LogP contribution in [0.4, 0.5) is 0 Å². The van der Waals surface area contributed by atoms with Gasteiger partial charge in [-0.2, -0.15) is 0 Å². The van der Waals surface area contributed by atoms with Crippen molar-refractivity contribution in [1.82, 2.24) is 25.2 Å². The molecule has 8 nitrogen and oxygen atoms in total. The van der Waals surface area contributed by atoms with E-state index >= 15 is 0 Å². The number of aromatic nitrogens is 4. The molecule has 2 rings (SSSR count). The largest absolute Gasteiger partial charge is 0.481 e. The van der Waals surface area contributed by atoms with E-state index in [2.05, 4.69) is 15.1 Å². The summed E-state index contributed by atoms with van der Waals surface area (Å²) in [6.07, 6.45) is 4.08. The molecule has 0 aliphatic heterocycles. The SMILES string of the molecule is COc1cc(-c2ncn(C=CC(=O)NN)n2)cc(Cl)n1. The molecule has 0 fully saturated rings. The summed E-state index contributed by atoms with van der Waals surface area (Å²) in [4.78, 5) is 19.0. The second-order valence-electron chi connectivity index (χ2n) is 3.59. The molecule has 0 bridgehead atoms. The number of methoxy groups -OCH3 is 1. The van der Waals surface area contributed by atoms with Crippen molar-refractivity contribution in [2.45, 2.75) is 0 Å². The normalized spacial score (nSPS) is 10.8. The fraction of sp³-hybridized carbons (Fsp3) is 0.0909. The Hall–Kier alpha value is -2.45. The highest BCUT2D eigenvalue weighted by atomic mass is 35.5. The summed E-state index contributed by atoms with van der Waals surface area (Å²) in [5.41, 5.74) is 2.62. The summed E-state index contributed by atoms with van der Waals surface area (Å²) < 4.78 is 6.39. The molecule has 0 atom stereocenters. The number of rotatable bonds is 4. The third-order valence-electron chi connectivity index (χ3n) is 2.27. The maximum atomic E-state index is 11.0. The maximum Gasteiger partial charge on any atom is 0.259 e. The van der Waals surface area contributed by atoms with Crippen molar-refractivity contribution in [3.8, 4) is 17.3 Å². The number of nitrogens with zero attached hydrogens (tertiary/aromatic N) is 4. The smallest absolute Gasteiger partial charge is 0.259 e. The fourth-order valence-electron chi connectivity index (χ4n) is 1.38. The standard InChI is InChI=1S/C11H11ClN6O2/c1-20-10-5-7(4-8(12)15-10)11-14-6-18(17-11)3-2-9(19)16-13/h2-6H,13H2,1H3,(H,16,19). The minimum atomic E-state index is -0.448. The number of hydrazine groups is 1. The zero-order valence-electron chi connectivity index (χ0n) is 10.4. The molecule has 0 saturated carbocycles. The van der Waals surface area contributed by atoms with Crippen LogP contribution < -0.4 is 16.0 Å². The molecule has 0 unspecified atom stereocenters. The average Bonchev–Trinajstić information content (AvgIpc) is 2.92. The molecular weight excluding hydrogens is 284 g/mol. The summed E-state index contributed by atoms with van der Waals surface area (Å²) in [6, 6.07) is 3.27. The minimum absolute atomic E-state index is 0.272. The first-order chi connectivity index (χ1) is 9.62. The number of halogens is 1. The van der Waals surface area contributed by atoms with E-state index in [1.165, 1.54) is 30.4 Å². The molecule has 1 amide bonds. The van der Waals surface area contributed by atoms with Gasteiger partial charge in [0.25, 0.3) is 5.91 Å². The zero-order valence-corrected chi connectivity index (χ0v) is 11.2. The molecule has 2 heterocycles. The van der Waals surface area contributed by atoms with Crippen LogP contribution in [-0.4, -0.2) is 32.8 Å². The summed E-state index contributed by atoms with van der Waals surface area (Å²) >= 11 is 5.87. The number of carbonyl (C=O) groups is 1. The highest BCUT2D eigenvalue weighted by Crippen LogP contribution is 2.22. The van der Waals surface area contributed by atoms with Crippen molar-refractivity contribution in [2.24, 2.45) is 5.84 Å². The maximum absolute atomic E-state index is 11.0. The van der Waals surface area contributed by atoms with Gasteiger partial charge in [-0.05, 0) is 6.07 Å². The molecule has 2 aromatic heterocycles. The first kappa shape index (κ1) is 14.0. The van der Waals surface area contributed by atoms with Gasteiger partial charge in [0.1, 0.15) is 11.5 Å². The van der Waals surface area contributed by atoms with E-state index in [4.69, 9.17) is 22.2 Å². The second-order valence-corrected chi connectivity index (χ2v) is 3.98. The van der Waals surface area contributed by atoms with Gasteiger partial charge in [0.05, 0.1) is 7.11 Å². The molecule has 0 spiro atoms. The molecule has 20 heavy (non-hydrogen) atoms. The van der Waals surface area contributed by atoms with E-state index in [1.54, 1.807) is 12.1 Å². The van der Waals surface area contributed by atoms with Crippen LogP contribution in [0.25, 0.3) is 17.6 Å². The number of amides is 1. The Bertz CT molecular complexity index is 654. The van der Waals surface area contributed by atoms with Gasteiger partial charge < -0.3 is 4.74 Å². The highest BCUT2D eigenvalue weighted by Gasteiger charge is 2.08. The quantitative estimate of drug-likeness (QED) is 0.279. The number of carbonyl (C=O) groups excluding carboxylic acids is 1. The van der Waals surface area contributed by atoms with Gasteiger partial charge >= 0.3 is 0 Å². The van der Waals surface area contributed by atoms with Crippen molar-refractivity contribution in [2.75, 3.05) is 7.11 Å². The predicted molar refractivity (Wildman–Crippen MR) is 72.5 cm³/mol. The second kappa shape index (κ2) is 6.13. The number of nitrogens with one attached hydrogen (secondary N) is 1. The van der Waals surface area contributed by atoms with Crippen molar-refractivity contribution in [3.63, 3.8) is 0 Å². The molecule has 104 valence electrons. The van der Waals surface area contributed by atoms with Crippen molar-refractivity contribution in [1.29, 1.82) is 0 Å². The summed E-state index contributed by atoms with van der Waals surface area (Å²) in [6.45, 7) is 0. The first-order valence-corrected chi connectivity index (χ1v) is 5.82.